The van der Waals surface area contributed by atoms with Gasteiger partial charge in [0.15, 0.2) is 5.75 Å². The van der Waals surface area contributed by atoms with Crippen LogP contribution in [0.1, 0.15) is 27.6 Å². The molecule has 0 radical (unpaired) electrons. The van der Waals surface area contributed by atoms with Crippen LogP contribution in [0.4, 0.5) is 5.69 Å². The third-order valence-corrected chi connectivity index (χ3v) is 3.78. The van der Waals surface area contributed by atoms with Crippen molar-refractivity contribution in [3.05, 3.63) is 51.6 Å². The Morgan fingerprint density at radius 3 is 2.07 bits per heavy atom. The first kappa shape index (κ1) is 21.5. The topological polar surface area (TPSA) is 123 Å². The molecule has 0 aliphatic heterocycles. The first-order valence-electron chi connectivity index (χ1n) is 8.34. The van der Waals surface area contributed by atoms with Crippen molar-refractivity contribution >= 4 is 17.6 Å². The van der Waals surface area contributed by atoms with E-state index < -0.39 is 22.5 Å². The van der Waals surface area contributed by atoms with Crippen LogP contribution in [-0.4, -0.2) is 44.8 Å². The predicted octanol–water partition coefficient (Wildman–Crippen LogP) is 3.02. The molecule has 0 aromatic heterocycles. The summed E-state index contributed by atoms with van der Waals surface area (Å²) in [7, 11) is 3.80. The SMILES string of the molecule is CCOC(=O)c1ccc(OC(=O)c2cc(OC)c(OC)c(OC)c2[N+](=O)[O-])cc1. The molecule has 0 bridgehead atoms. The van der Waals surface area contributed by atoms with Gasteiger partial charge in [-0.3, -0.25) is 10.1 Å². The molecular formula is C19H19NO9. The molecule has 29 heavy (non-hydrogen) atoms. The molecule has 2 aromatic carbocycles. The smallest absolute Gasteiger partial charge is 0.350 e. The van der Waals surface area contributed by atoms with Gasteiger partial charge in [0.1, 0.15) is 11.3 Å². The zero-order valence-electron chi connectivity index (χ0n) is 16.2. The zero-order valence-corrected chi connectivity index (χ0v) is 16.2. The van der Waals surface area contributed by atoms with Crippen molar-refractivity contribution in [1.29, 1.82) is 0 Å². The Labute approximate surface area is 166 Å². The van der Waals surface area contributed by atoms with Crippen molar-refractivity contribution in [2.24, 2.45) is 0 Å². The van der Waals surface area contributed by atoms with E-state index in [2.05, 4.69) is 0 Å². The molecule has 0 saturated heterocycles. The number of esters is 2. The van der Waals surface area contributed by atoms with E-state index in [1.54, 1.807) is 6.92 Å². The first-order chi connectivity index (χ1) is 13.9. The lowest BCUT2D eigenvalue weighted by Gasteiger charge is -2.14. The largest absolute Gasteiger partial charge is 0.493 e. The van der Waals surface area contributed by atoms with Gasteiger partial charge in [-0.2, -0.15) is 0 Å². The minimum atomic E-state index is -1.01. The van der Waals surface area contributed by atoms with Gasteiger partial charge in [0, 0.05) is 6.07 Å². The number of hydrogen-bond donors (Lipinski definition) is 0. The van der Waals surface area contributed by atoms with Crippen molar-refractivity contribution in [2.45, 2.75) is 6.92 Å². The lowest BCUT2D eigenvalue weighted by atomic mass is 10.1. The van der Waals surface area contributed by atoms with E-state index in [9.17, 15) is 19.7 Å². The van der Waals surface area contributed by atoms with Crippen LogP contribution in [0.15, 0.2) is 30.3 Å². The van der Waals surface area contributed by atoms with Gasteiger partial charge in [-0.25, -0.2) is 9.59 Å². The molecule has 2 aromatic rings. The number of nitro groups is 1. The van der Waals surface area contributed by atoms with Gasteiger partial charge in [-0.1, -0.05) is 0 Å². The van der Waals surface area contributed by atoms with Gasteiger partial charge in [0.25, 0.3) is 0 Å². The average Bonchev–Trinajstić information content (AvgIpc) is 2.72. The van der Waals surface area contributed by atoms with Gasteiger partial charge in [-0.15, -0.1) is 0 Å². The maximum atomic E-state index is 12.6. The van der Waals surface area contributed by atoms with Crippen LogP contribution >= 0.6 is 0 Å². The van der Waals surface area contributed by atoms with Crippen LogP contribution in [0.2, 0.25) is 0 Å². The molecule has 0 spiro atoms. The summed E-state index contributed by atoms with van der Waals surface area (Å²) in [6.45, 7) is 1.90. The lowest BCUT2D eigenvalue weighted by molar-refractivity contribution is -0.386. The quantitative estimate of drug-likeness (QED) is 0.282. The number of nitro benzene ring substituents is 1. The second kappa shape index (κ2) is 9.40. The highest BCUT2D eigenvalue weighted by Gasteiger charge is 2.33. The molecule has 0 aliphatic rings. The van der Waals surface area contributed by atoms with E-state index in [0.717, 1.165) is 6.07 Å². The van der Waals surface area contributed by atoms with Crippen molar-refractivity contribution < 1.29 is 38.2 Å². The molecule has 154 valence electrons. The fraction of sp³-hybridized carbons (Fsp3) is 0.263. The Balaban J connectivity index is 2.42. The minimum absolute atomic E-state index is 0.0305. The number of methoxy groups -OCH3 is 3. The lowest BCUT2D eigenvalue weighted by Crippen LogP contribution is -2.13. The maximum absolute atomic E-state index is 12.6. The van der Waals surface area contributed by atoms with Crippen LogP contribution in [0.25, 0.3) is 0 Å². The van der Waals surface area contributed by atoms with E-state index in [1.165, 1.54) is 45.6 Å². The van der Waals surface area contributed by atoms with Gasteiger partial charge in [0.05, 0.1) is 38.4 Å². The van der Waals surface area contributed by atoms with Gasteiger partial charge >= 0.3 is 17.6 Å². The molecule has 0 fully saturated rings. The Kier molecular flexibility index (Phi) is 6.96. The summed E-state index contributed by atoms with van der Waals surface area (Å²) >= 11 is 0. The second-order valence-electron chi connectivity index (χ2n) is 5.43. The summed E-state index contributed by atoms with van der Waals surface area (Å²) in [6.07, 6.45) is 0. The molecule has 10 heteroatoms. The Morgan fingerprint density at radius 2 is 1.59 bits per heavy atom. The van der Waals surface area contributed by atoms with Crippen LogP contribution < -0.4 is 18.9 Å². The molecule has 0 saturated carbocycles. The number of benzene rings is 2. The summed E-state index contributed by atoms with van der Waals surface area (Å²) in [5.41, 5.74) is -0.748. The predicted molar refractivity (Wildman–Crippen MR) is 100 cm³/mol. The van der Waals surface area contributed by atoms with Crippen molar-refractivity contribution in [3.63, 3.8) is 0 Å². The van der Waals surface area contributed by atoms with Crippen molar-refractivity contribution in [2.75, 3.05) is 27.9 Å². The summed E-state index contributed by atoms with van der Waals surface area (Å²) in [5, 5.41) is 11.6. The van der Waals surface area contributed by atoms with E-state index >= 15 is 0 Å². The molecule has 2 rings (SSSR count). The van der Waals surface area contributed by atoms with Crippen LogP contribution in [0.5, 0.6) is 23.0 Å². The summed E-state index contributed by atoms with van der Waals surface area (Å²) in [5.74, 6) is -1.71. The highest BCUT2D eigenvalue weighted by atomic mass is 16.6. The molecular weight excluding hydrogens is 386 g/mol. The zero-order chi connectivity index (χ0) is 21.6. The number of carbonyl (C=O) groups excluding carboxylic acids is 2. The standard InChI is InChI=1S/C19H19NO9/c1-5-28-18(21)11-6-8-12(9-7-11)29-19(22)13-10-14(25-2)16(26-3)17(27-4)15(13)20(23)24/h6-10H,5H2,1-4H3. The van der Waals surface area contributed by atoms with Crippen molar-refractivity contribution in [3.8, 4) is 23.0 Å². The van der Waals surface area contributed by atoms with Gasteiger partial charge < -0.3 is 23.7 Å². The van der Waals surface area contributed by atoms with Crippen LogP contribution in [0.3, 0.4) is 0 Å². The molecule has 10 nitrogen and oxygen atoms in total. The summed E-state index contributed by atoms with van der Waals surface area (Å²) in [6, 6.07) is 6.69. The number of carbonyl (C=O) groups is 2. The van der Waals surface area contributed by atoms with E-state index in [0.29, 0.717) is 0 Å². The average molecular weight is 405 g/mol. The second-order valence-corrected chi connectivity index (χ2v) is 5.43. The highest BCUT2D eigenvalue weighted by Crippen LogP contribution is 2.46. The molecule has 0 unspecified atom stereocenters. The Bertz CT molecular complexity index is 922. The fourth-order valence-electron chi connectivity index (χ4n) is 2.51. The summed E-state index contributed by atoms with van der Waals surface area (Å²) < 4.78 is 25.4. The molecule has 0 aliphatic carbocycles. The first-order valence-corrected chi connectivity index (χ1v) is 8.34. The highest BCUT2D eigenvalue weighted by molar-refractivity contribution is 5.98. The number of hydrogen-bond acceptors (Lipinski definition) is 9. The van der Waals surface area contributed by atoms with E-state index in [-0.39, 0.29) is 40.7 Å². The number of ether oxygens (including phenoxy) is 5. The monoisotopic (exact) mass is 405 g/mol. The summed E-state index contributed by atoms with van der Waals surface area (Å²) in [4.78, 5) is 35.1. The Morgan fingerprint density at radius 1 is 0.966 bits per heavy atom. The third kappa shape index (κ3) is 4.54. The number of nitrogens with zero attached hydrogens (tertiary/aromatic N) is 1. The van der Waals surface area contributed by atoms with Crippen molar-refractivity contribution in [1.82, 2.24) is 0 Å². The van der Waals surface area contributed by atoms with E-state index in [4.69, 9.17) is 23.7 Å². The minimum Gasteiger partial charge on any atom is -0.493 e. The number of rotatable bonds is 8. The van der Waals surface area contributed by atoms with Crippen LogP contribution in [0, 0.1) is 10.1 Å². The Hall–Kier alpha value is -3.82. The fourth-order valence-corrected chi connectivity index (χ4v) is 2.51. The molecule has 0 N–H and O–H groups in total. The van der Waals surface area contributed by atoms with Gasteiger partial charge in [0.2, 0.25) is 11.5 Å². The van der Waals surface area contributed by atoms with Gasteiger partial charge in [-0.05, 0) is 31.2 Å². The van der Waals surface area contributed by atoms with Crippen LogP contribution in [-0.2, 0) is 4.74 Å². The molecule has 0 atom stereocenters. The van der Waals surface area contributed by atoms with E-state index in [1.807, 2.05) is 0 Å². The maximum Gasteiger partial charge on any atom is 0.350 e. The normalized spacial score (nSPS) is 10.1. The third-order valence-electron chi connectivity index (χ3n) is 3.78. The molecule has 0 amide bonds. The molecule has 0 heterocycles.